The Morgan fingerprint density at radius 1 is 1.38 bits per heavy atom. The molecule has 0 radical (unpaired) electrons. The molecule has 1 N–H and O–H groups in total. The average molecular weight is 338 g/mol. The molecule has 1 heterocycles. The third-order valence-electron chi connectivity index (χ3n) is 4.21. The van der Waals surface area contributed by atoms with Crippen molar-refractivity contribution in [3.05, 3.63) is 42.2 Å². The van der Waals surface area contributed by atoms with Gasteiger partial charge in [-0.1, -0.05) is 6.07 Å². The molecule has 3 rings (SSSR count). The topological polar surface area (TPSA) is 50.2 Å². The number of carbonyl (C=O) groups is 1. The minimum Gasteiger partial charge on any atom is -0.325 e. The Kier molecular flexibility index (Phi) is 4.21. The quantitative estimate of drug-likeness (QED) is 0.922. The lowest BCUT2D eigenvalue weighted by atomic mass is 9.92. The Labute approximate surface area is 137 Å². The predicted molar refractivity (Wildman–Crippen MR) is 83.0 cm³/mol. The van der Waals surface area contributed by atoms with E-state index in [1.165, 1.54) is 29.2 Å². The number of urea groups is 1. The first kappa shape index (κ1) is 16.4. The van der Waals surface area contributed by atoms with Crippen molar-refractivity contribution in [2.45, 2.75) is 31.5 Å². The van der Waals surface area contributed by atoms with Crippen LogP contribution in [0, 0.1) is 0 Å². The molecule has 128 valence electrons. The van der Waals surface area contributed by atoms with Crippen molar-refractivity contribution < 1.29 is 18.0 Å². The second kappa shape index (κ2) is 6.18. The Bertz CT molecular complexity index is 737. The molecule has 2 amide bonds. The second-order valence-electron chi connectivity index (χ2n) is 5.85. The van der Waals surface area contributed by atoms with Crippen molar-refractivity contribution in [2.75, 3.05) is 12.4 Å². The number of hydrogen-bond donors (Lipinski definition) is 1. The fraction of sp³-hybridized carbons (Fsp3) is 0.375. The number of amides is 2. The highest BCUT2D eigenvalue weighted by molar-refractivity contribution is 5.89. The molecular formula is C16H17F3N4O. The summed E-state index contributed by atoms with van der Waals surface area (Å²) in [5.41, 5.74) is -0.0351. The lowest BCUT2D eigenvalue weighted by Gasteiger charge is -2.34. The summed E-state index contributed by atoms with van der Waals surface area (Å²) in [4.78, 5) is 13.8. The first-order chi connectivity index (χ1) is 11.3. The zero-order chi connectivity index (χ0) is 17.3. The summed E-state index contributed by atoms with van der Waals surface area (Å²) in [5.74, 6) is 0. The van der Waals surface area contributed by atoms with E-state index in [9.17, 15) is 18.0 Å². The number of nitrogens with one attached hydrogen (secondary N) is 1. The third kappa shape index (κ3) is 3.37. The minimum absolute atomic E-state index is 0.247. The Morgan fingerprint density at radius 3 is 2.75 bits per heavy atom. The van der Waals surface area contributed by atoms with Crippen LogP contribution in [0.1, 0.15) is 24.8 Å². The first-order valence-electron chi connectivity index (χ1n) is 7.61. The van der Waals surface area contributed by atoms with Crippen molar-refractivity contribution in [3.63, 3.8) is 0 Å². The average Bonchev–Trinajstić information content (AvgIpc) is 2.93. The second-order valence-corrected chi connectivity index (χ2v) is 5.85. The van der Waals surface area contributed by atoms with E-state index in [4.69, 9.17) is 0 Å². The highest BCUT2D eigenvalue weighted by Gasteiger charge is 2.30. The maximum Gasteiger partial charge on any atom is 0.416 e. The van der Waals surface area contributed by atoms with Gasteiger partial charge in [-0.05, 0) is 37.5 Å². The van der Waals surface area contributed by atoms with Gasteiger partial charge in [-0.15, -0.1) is 0 Å². The van der Waals surface area contributed by atoms with E-state index in [-0.39, 0.29) is 17.8 Å². The number of nitrogens with zero attached hydrogens (tertiary/aromatic N) is 3. The summed E-state index contributed by atoms with van der Waals surface area (Å²) in [5, 5.41) is 6.72. The van der Waals surface area contributed by atoms with Crippen molar-refractivity contribution in [3.8, 4) is 5.69 Å². The highest BCUT2D eigenvalue weighted by atomic mass is 19.4. The molecule has 0 unspecified atom stereocenters. The van der Waals surface area contributed by atoms with Crippen molar-refractivity contribution >= 4 is 11.7 Å². The summed E-state index contributed by atoms with van der Waals surface area (Å²) in [6.07, 6.45) is 1.59. The van der Waals surface area contributed by atoms with E-state index >= 15 is 0 Å². The lowest BCUT2D eigenvalue weighted by molar-refractivity contribution is -0.137. The van der Waals surface area contributed by atoms with Crippen LogP contribution in [0.2, 0.25) is 0 Å². The van der Waals surface area contributed by atoms with Crippen molar-refractivity contribution in [1.29, 1.82) is 0 Å². The van der Waals surface area contributed by atoms with Gasteiger partial charge in [0, 0.05) is 13.1 Å². The van der Waals surface area contributed by atoms with E-state index in [1.807, 2.05) is 0 Å². The van der Waals surface area contributed by atoms with Gasteiger partial charge in [-0.25, -0.2) is 9.48 Å². The maximum atomic E-state index is 12.8. The number of carbonyl (C=O) groups excluding carboxylic acids is 1. The summed E-state index contributed by atoms with van der Waals surface area (Å²) in [7, 11) is 1.73. The molecule has 2 aromatic rings. The van der Waals surface area contributed by atoms with E-state index in [2.05, 4.69) is 10.4 Å². The van der Waals surface area contributed by atoms with E-state index in [0.717, 1.165) is 31.4 Å². The SMILES string of the molecule is CN(C(=O)Nc1cnn(-c2cccc(C(F)(F)F)c2)c1)C1CCC1. The molecule has 0 saturated heterocycles. The molecule has 1 aliphatic rings. The zero-order valence-corrected chi connectivity index (χ0v) is 13.0. The molecular weight excluding hydrogens is 321 g/mol. The van der Waals surface area contributed by atoms with E-state index < -0.39 is 11.7 Å². The molecule has 0 aliphatic heterocycles. The molecule has 8 heteroatoms. The fourth-order valence-electron chi connectivity index (χ4n) is 2.50. The van der Waals surface area contributed by atoms with Gasteiger partial charge in [-0.3, -0.25) is 0 Å². The van der Waals surface area contributed by atoms with Gasteiger partial charge >= 0.3 is 12.2 Å². The first-order valence-corrected chi connectivity index (χ1v) is 7.61. The number of halogens is 3. The van der Waals surface area contributed by atoms with Gasteiger partial charge < -0.3 is 10.2 Å². The molecule has 1 fully saturated rings. The molecule has 24 heavy (non-hydrogen) atoms. The minimum atomic E-state index is -4.41. The molecule has 1 aromatic heterocycles. The number of aromatic nitrogens is 2. The van der Waals surface area contributed by atoms with Gasteiger partial charge in [-0.2, -0.15) is 18.3 Å². The number of alkyl halides is 3. The van der Waals surface area contributed by atoms with E-state index in [0.29, 0.717) is 5.69 Å². The number of anilines is 1. The summed E-state index contributed by atoms with van der Waals surface area (Å²) < 4.78 is 39.6. The monoisotopic (exact) mass is 338 g/mol. The van der Waals surface area contributed by atoms with Crippen LogP contribution in [0.15, 0.2) is 36.7 Å². The summed E-state index contributed by atoms with van der Waals surface area (Å²) in [6, 6.07) is 4.87. The van der Waals surface area contributed by atoms with Crippen LogP contribution in [-0.2, 0) is 6.18 Å². The summed E-state index contributed by atoms with van der Waals surface area (Å²) in [6.45, 7) is 0. The molecule has 1 aromatic carbocycles. The molecule has 1 aliphatic carbocycles. The van der Waals surface area contributed by atoms with Crippen LogP contribution in [-0.4, -0.2) is 33.8 Å². The normalized spacial score (nSPS) is 15.0. The molecule has 0 atom stereocenters. The predicted octanol–water partition coefficient (Wildman–Crippen LogP) is 3.91. The van der Waals surface area contributed by atoms with Gasteiger partial charge in [0.1, 0.15) is 0 Å². The smallest absolute Gasteiger partial charge is 0.325 e. The van der Waals surface area contributed by atoms with E-state index in [1.54, 1.807) is 11.9 Å². The number of hydrogen-bond acceptors (Lipinski definition) is 2. The Hall–Kier alpha value is -2.51. The Balaban J connectivity index is 1.72. The van der Waals surface area contributed by atoms with Crippen LogP contribution in [0.5, 0.6) is 0 Å². The van der Waals surface area contributed by atoms with Crippen LogP contribution < -0.4 is 5.32 Å². The highest BCUT2D eigenvalue weighted by Crippen LogP contribution is 2.30. The zero-order valence-electron chi connectivity index (χ0n) is 13.0. The van der Waals surface area contributed by atoms with Crippen LogP contribution >= 0.6 is 0 Å². The van der Waals surface area contributed by atoms with Gasteiger partial charge in [0.05, 0.1) is 29.3 Å². The van der Waals surface area contributed by atoms with Crippen LogP contribution in [0.3, 0.4) is 0 Å². The van der Waals surface area contributed by atoms with Crippen molar-refractivity contribution in [1.82, 2.24) is 14.7 Å². The Morgan fingerprint density at radius 2 is 2.12 bits per heavy atom. The van der Waals surface area contributed by atoms with Crippen molar-refractivity contribution in [2.24, 2.45) is 0 Å². The van der Waals surface area contributed by atoms with Gasteiger partial charge in [0.15, 0.2) is 0 Å². The number of rotatable bonds is 3. The molecule has 0 spiro atoms. The lowest BCUT2D eigenvalue weighted by Crippen LogP contribution is -2.43. The molecule has 0 bridgehead atoms. The van der Waals surface area contributed by atoms with Crippen LogP contribution in [0.4, 0.5) is 23.7 Å². The van der Waals surface area contributed by atoms with Gasteiger partial charge in [0.2, 0.25) is 0 Å². The molecule has 1 saturated carbocycles. The van der Waals surface area contributed by atoms with Gasteiger partial charge in [0.25, 0.3) is 0 Å². The number of benzene rings is 1. The standard InChI is InChI=1S/C16H17F3N4O/c1-22(13-5-3-6-13)15(24)21-12-9-20-23(10-12)14-7-2-4-11(8-14)16(17,18)19/h2,4,7-10,13H,3,5-6H2,1H3,(H,21,24). The fourth-order valence-corrected chi connectivity index (χ4v) is 2.50. The summed E-state index contributed by atoms with van der Waals surface area (Å²) >= 11 is 0. The third-order valence-corrected chi connectivity index (χ3v) is 4.21. The largest absolute Gasteiger partial charge is 0.416 e. The van der Waals surface area contributed by atoms with Crippen LogP contribution in [0.25, 0.3) is 5.69 Å². The molecule has 5 nitrogen and oxygen atoms in total. The maximum absolute atomic E-state index is 12.8.